The molecule has 1 atom stereocenters. The van der Waals surface area contributed by atoms with Crippen molar-refractivity contribution in [3.63, 3.8) is 0 Å². The second-order valence-electron chi connectivity index (χ2n) is 6.80. The zero-order valence-corrected chi connectivity index (χ0v) is 14.5. The second kappa shape index (κ2) is 7.59. The van der Waals surface area contributed by atoms with E-state index in [1.54, 1.807) is 12.4 Å². The number of piperazine rings is 1. The van der Waals surface area contributed by atoms with E-state index in [1.807, 2.05) is 26.8 Å². The molecule has 1 aliphatic heterocycles. The number of hydrogen-bond acceptors (Lipinski definition) is 6. The molecule has 1 N–H and O–H groups in total. The van der Waals surface area contributed by atoms with Gasteiger partial charge in [-0.3, -0.25) is 4.90 Å². The molecule has 0 radical (unpaired) electrons. The van der Waals surface area contributed by atoms with Gasteiger partial charge < -0.3 is 15.0 Å². The molecule has 23 heavy (non-hydrogen) atoms. The van der Waals surface area contributed by atoms with E-state index < -0.39 is 5.60 Å². The van der Waals surface area contributed by atoms with Crippen molar-refractivity contribution in [1.82, 2.24) is 20.2 Å². The highest BCUT2D eigenvalue weighted by molar-refractivity contribution is 5.67. The summed E-state index contributed by atoms with van der Waals surface area (Å²) < 4.78 is 5.26. The van der Waals surface area contributed by atoms with Gasteiger partial charge in [0, 0.05) is 51.2 Å². The van der Waals surface area contributed by atoms with Crippen LogP contribution in [0.25, 0.3) is 0 Å². The number of nitrogens with one attached hydrogen (secondary N) is 1. The standard InChI is InChI=1S/C16H27N5O2/c1-13(12-19-15(22)23-16(2,3)4)20-8-10-21(11-9-20)14-17-6-5-7-18-14/h5-7,13H,8-12H2,1-4H3,(H,19,22). The highest BCUT2D eigenvalue weighted by atomic mass is 16.6. The molecule has 1 aromatic rings. The lowest BCUT2D eigenvalue weighted by Gasteiger charge is -2.38. The molecule has 128 valence electrons. The molecule has 7 heteroatoms. The third kappa shape index (κ3) is 5.67. The number of hydrogen-bond donors (Lipinski definition) is 1. The van der Waals surface area contributed by atoms with Gasteiger partial charge in [0.05, 0.1) is 0 Å². The second-order valence-corrected chi connectivity index (χ2v) is 6.80. The van der Waals surface area contributed by atoms with Crippen molar-refractivity contribution in [3.8, 4) is 0 Å². The van der Waals surface area contributed by atoms with Crippen LogP contribution in [0, 0.1) is 0 Å². The molecule has 0 bridgehead atoms. The van der Waals surface area contributed by atoms with Crippen molar-refractivity contribution in [2.24, 2.45) is 0 Å². The van der Waals surface area contributed by atoms with Gasteiger partial charge in [0.25, 0.3) is 0 Å². The van der Waals surface area contributed by atoms with Crippen molar-refractivity contribution in [3.05, 3.63) is 18.5 Å². The molecule has 1 amide bonds. The zero-order valence-electron chi connectivity index (χ0n) is 14.5. The third-order valence-corrected chi connectivity index (χ3v) is 3.71. The molecule has 2 rings (SSSR count). The van der Waals surface area contributed by atoms with Crippen LogP contribution in [0.4, 0.5) is 10.7 Å². The largest absolute Gasteiger partial charge is 0.444 e. The predicted octanol–water partition coefficient (Wildman–Crippen LogP) is 1.51. The van der Waals surface area contributed by atoms with Gasteiger partial charge in [-0.2, -0.15) is 0 Å². The van der Waals surface area contributed by atoms with Gasteiger partial charge >= 0.3 is 6.09 Å². The number of nitrogens with zero attached hydrogens (tertiary/aromatic N) is 4. The molecule has 0 spiro atoms. The van der Waals surface area contributed by atoms with E-state index in [2.05, 4.69) is 32.0 Å². The van der Waals surface area contributed by atoms with Crippen molar-refractivity contribution < 1.29 is 9.53 Å². The molecule has 1 aromatic heterocycles. The Morgan fingerprint density at radius 1 is 1.26 bits per heavy atom. The normalized spacial score (nSPS) is 17.7. The molecule has 0 saturated carbocycles. The summed E-state index contributed by atoms with van der Waals surface area (Å²) >= 11 is 0. The Bertz CT molecular complexity index is 495. The first-order chi connectivity index (χ1) is 10.8. The summed E-state index contributed by atoms with van der Waals surface area (Å²) in [6.45, 7) is 11.9. The predicted molar refractivity (Wildman–Crippen MR) is 89.5 cm³/mol. The van der Waals surface area contributed by atoms with Gasteiger partial charge in [0.2, 0.25) is 5.95 Å². The topological polar surface area (TPSA) is 70.6 Å². The van der Waals surface area contributed by atoms with E-state index in [4.69, 9.17) is 4.74 Å². The van der Waals surface area contributed by atoms with Crippen LogP contribution in [0.2, 0.25) is 0 Å². The van der Waals surface area contributed by atoms with Crippen LogP contribution < -0.4 is 10.2 Å². The van der Waals surface area contributed by atoms with Crippen LogP contribution >= 0.6 is 0 Å². The van der Waals surface area contributed by atoms with Crippen LogP contribution in [-0.4, -0.2) is 65.3 Å². The van der Waals surface area contributed by atoms with Gasteiger partial charge in [-0.25, -0.2) is 14.8 Å². The van der Waals surface area contributed by atoms with Gasteiger partial charge in [-0.05, 0) is 33.8 Å². The molecule has 2 heterocycles. The third-order valence-electron chi connectivity index (χ3n) is 3.71. The van der Waals surface area contributed by atoms with E-state index in [-0.39, 0.29) is 12.1 Å². The number of ether oxygens (including phenoxy) is 1. The maximum absolute atomic E-state index is 11.7. The summed E-state index contributed by atoms with van der Waals surface area (Å²) in [5.41, 5.74) is -0.464. The average Bonchev–Trinajstić information content (AvgIpc) is 2.52. The maximum atomic E-state index is 11.7. The minimum absolute atomic E-state index is 0.265. The van der Waals surface area contributed by atoms with Crippen molar-refractivity contribution in [2.75, 3.05) is 37.6 Å². The number of rotatable bonds is 4. The fraction of sp³-hybridized carbons (Fsp3) is 0.688. The summed E-state index contributed by atoms with van der Waals surface area (Å²) in [6.07, 6.45) is 3.17. The van der Waals surface area contributed by atoms with Crippen LogP contribution in [0.5, 0.6) is 0 Å². The molecule has 0 aliphatic carbocycles. The Morgan fingerprint density at radius 2 is 1.87 bits per heavy atom. The van der Waals surface area contributed by atoms with Gasteiger partial charge in [-0.15, -0.1) is 0 Å². The van der Waals surface area contributed by atoms with Crippen LogP contribution in [-0.2, 0) is 4.74 Å². The number of anilines is 1. The summed E-state index contributed by atoms with van der Waals surface area (Å²) in [5.74, 6) is 0.784. The molecule has 1 unspecified atom stereocenters. The Hall–Kier alpha value is -1.89. The van der Waals surface area contributed by atoms with Crippen molar-refractivity contribution >= 4 is 12.0 Å². The van der Waals surface area contributed by atoms with E-state index in [1.165, 1.54) is 0 Å². The van der Waals surface area contributed by atoms with E-state index >= 15 is 0 Å². The first-order valence-corrected chi connectivity index (χ1v) is 8.08. The molecule has 1 saturated heterocycles. The summed E-state index contributed by atoms with van der Waals surface area (Å²) in [5, 5.41) is 2.84. The fourth-order valence-electron chi connectivity index (χ4n) is 2.49. The highest BCUT2D eigenvalue weighted by Gasteiger charge is 2.23. The minimum atomic E-state index is -0.464. The van der Waals surface area contributed by atoms with Crippen LogP contribution in [0.3, 0.4) is 0 Å². The lowest BCUT2D eigenvalue weighted by molar-refractivity contribution is 0.0508. The molecule has 0 aromatic carbocycles. The Kier molecular flexibility index (Phi) is 5.76. The van der Waals surface area contributed by atoms with Gasteiger partial charge in [0.15, 0.2) is 0 Å². The Balaban J connectivity index is 1.73. The van der Waals surface area contributed by atoms with Gasteiger partial charge in [-0.1, -0.05) is 0 Å². The molecule has 1 fully saturated rings. The molecular weight excluding hydrogens is 294 g/mol. The zero-order chi connectivity index (χ0) is 16.9. The number of amides is 1. The lowest BCUT2D eigenvalue weighted by atomic mass is 10.2. The number of carbonyl (C=O) groups is 1. The molecule has 7 nitrogen and oxygen atoms in total. The van der Waals surface area contributed by atoms with E-state index in [0.717, 1.165) is 32.1 Å². The fourth-order valence-corrected chi connectivity index (χ4v) is 2.49. The SMILES string of the molecule is CC(CNC(=O)OC(C)(C)C)N1CCN(c2ncccn2)CC1. The Labute approximate surface area is 138 Å². The lowest BCUT2D eigenvalue weighted by Crippen LogP contribution is -2.53. The summed E-state index contributed by atoms with van der Waals surface area (Å²) in [7, 11) is 0. The smallest absolute Gasteiger partial charge is 0.407 e. The van der Waals surface area contributed by atoms with Crippen LogP contribution in [0.15, 0.2) is 18.5 Å². The van der Waals surface area contributed by atoms with E-state index in [9.17, 15) is 4.79 Å². The minimum Gasteiger partial charge on any atom is -0.444 e. The quantitative estimate of drug-likeness (QED) is 0.906. The molecular formula is C16H27N5O2. The number of alkyl carbamates (subject to hydrolysis) is 1. The highest BCUT2D eigenvalue weighted by Crippen LogP contribution is 2.12. The van der Waals surface area contributed by atoms with Crippen molar-refractivity contribution in [1.29, 1.82) is 0 Å². The monoisotopic (exact) mass is 321 g/mol. The summed E-state index contributed by atoms with van der Waals surface area (Å²) in [4.78, 5) is 24.8. The molecule has 1 aliphatic rings. The van der Waals surface area contributed by atoms with E-state index in [0.29, 0.717) is 6.54 Å². The summed E-state index contributed by atoms with van der Waals surface area (Å²) in [6, 6.07) is 2.09. The maximum Gasteiger partial charge on any atom is 0.407 e. The van der Waals surface area contributed by atoms with Crippen molar-refractivity contribution in [2.45, 2.75) is 39.3 Å². The number of carbonyl (C=O) groups excluding carboxylic acids is 1. The first-order valence-electron chi connectivity index (χ1n) is 8.08. The first kappa shape index (κ1) is 17.5. The Morgan fingerprint density at radius 3 is 2.43 bits per heavy atom. The van der Waals surface area contributed by atoms with Crippen LogP contribution in [0.1, 0.15) is 27.7 Å². The number of aromatic nitrogens is 2. The average molecular weight is 321 g/mol. The van der Waals surface area contributed by atoms with Gasteiger partial charge in [0.1, 0.15) is 5.60 Å².